The van der Waals surface area contributed by atoms with Gasteiger partial charge in [-0.25, -0.2) is 0 Å². The van der Waals surface area contributed by atoms with E-state index in [2.05, 4.69) is 26.1 Å². The third-order valence-corrected chi connectivity index (χ3v) is 3.06. The van der Waals surface area contributed by atoms with Crippen LogP contribution < -0.4 is 5.32 Å². The second-order valence-electron chi connectivity index (χ2n) is 4.90. The molecular weight excluding hydrogens is 218 g/mol. The van der Waals surface area contributed by atoms with E-state index in [1.165, 1.54) is 0 Å². The molecule has 0 radical (unpaired) electrons. The van der Waals surface area contributed by atoms with Crippen LogP contribution in [-0.2, 0) is 14.2 Å². The van der Waals surface area contributed by atoms with Gasteiger partial charge in [0, 0.05) is 21.3 Å². The van der Waals surface area contributed by atoms with Crippen molar-refractivity contribution in [2.75, 3.05) is 27.9 Å². The number of nitrogens with one attached hydrogen (secondary N) is 1. The summed E-state index contributed by atoms with van der Waals surface area (Å²) in [5.41, 5.74) is -0.0990. The number of rotatable bonds is 10. The van der Waals surface area contributed by atoms with Gasteiger partial charge >= 0.3 is 0 Å². The van der Waals surface area contributed by atoms with Gasteiger partial charge in [-0.05, 0) is 39.7 Å². The third kappa shape index (κ3) is 6.99. The largest absolute Gasteiger partial charge is 0.379 e. The average Bonchev–Trinajstić information content (AvgIpc) is 2.33. The summed E-state index contributed by atoms with van der Waals surface area (Å²) >= 11 is 0. The van der Waals surface area contributed by atoms with Gasteiger partial charge in [0.05, 0.1) is 11.6 Å². The molecule has 0 aromatic rings. The molecule has 0 aliphatic heterocycles. The summed E-state index contributed by atoms with van der Waals surface area (Å²) in [6.45, 7) is 7.32. The molecule has 17 heavy (non-hydrogen) atoms. The SMILES string of the molecule is CCCNC(CCC(C)(C)OC)C(OC)OC. The maximum atomic E-state index is 5.43. The van der Waals surface area contributed by atoms with Crippen LogP contribution in [0.3, 0.4) is 0 Å². The standard InChI is InChI=1S/C13H29NO3/c1-7-10-14-11(12(15-4)16-5)8-9-13(2,3)17-6/h11-12,14H,7-10H2,1-6H3. The lowest BCUT2D eigenvalue weighted by Gasteiger charge is -2.29. The lowest BCUT2D eigenvalue weighted by atomic mass is 9.98. The van der Waals surface area contributed by atoms with E-state index in [-0.39, 0.29) is 17.9 Å². The number of hydrogen-bond acceptors (Lipinski definition) is 4. The van der Waals surface area contributed by atoms with E-state index in [0.29, 0.717) is 0 Å². The minimum Gasteiger partial charge on any atom is -0.379 e. The molecule has 104 valence electrons. The third-order valence-electron chi connectivity index (χ3n) is 3.06. The van der Waals surface area contributed by atoms with Crippen molar-refractivity contribution in [2.45, 2.75) is 58.0 Å². The van der Waals surface area contributed by atoms with Gasteiger partial charge in [-0.15, -0.1) is 0 Å². The Morgan fingerprint density at radius 3 is 2.12 bits per heavy atom. The second kappa shape index (κ2) is 8.86. The highest BCUT2D eigenvalue weighted by Gasteiger charge is 2.24. The van der Waals surface area contributed by atoms with Gasteiger partial charge in [0.2, 0.25) is 0 Å². The van der Waals surface area contributed by atoms with Crippen LogP contribution >= 0.6 is 0 Å². The van der Waals surface area contributed by atoms with Crippen molar-refractivity contribution < 1.29 is 14.2 Å². The van der Waals surface area contributed by atoms with Crippen molar-refractivity contribution in [2.24, 2.45) is 0 Å². The Bertz CT molecular complexity index is 182. The molecule has 0 rings (SSSR count). The van der Waals surface area contributed by atoms with Crippen molar-refractivity contribution >= 4 is 0 Å². The fourth-order valence-electron chi connectivity index (χ4n) is 1.69. The summed E-state index contributed by atoms with van der Waals surface area (Å²) in [5.74, 6) is 0. The minimum absolute atomic E-state index is 0.0990. The summed E-state index contributed by atoms with van der Waals surface area (Å²) in [6, 6.07) is 0.208. The Morgan fingerprint density at radius 2 is 1.71 bits per heavy atom. The molecule has 0 spiro atoms. The Hall–Kier alpha value is -0.160. The molecule has 1 atom stereocenters. The molecule has 0 aliphatic carbocycles. The van der Waals surface area contributed by atoms with Gasteiger partial charge in [0.1, 0.15) is 0 Å². The van der Waals surface area contributed by atoms with Crippen molar-refractivity contribution in [3.05, 3.63) is 0 Å². The van der Waals surface area contributed by atoms with E-state index < -0.39 is 0 Å². The lowest BCUT2D eigenvalue weighted by molar-refractivity contribution is -0.126. The highest BCUT2D eigenvalue weighted by Crippen LogP contribution is 2.18. The monoisotopic (exact) mass is 247 g/mol. The number of ether oxygens (including phenoxy) is 3. The Morgan fingerprint density at radius 1 is 1.12 bits per heavy atom. The van der Waals surface area contributed by atoms with Gasteiger partial charge < -0.3 is 19.5 Å². The average molecular weight is 247 g/mol. The van der Waals surface area contributed by atoms with Crippen LogP contribution in [0.1, 0.15) is 40.0 Å². The maximum absolute atomic E-state index is 5.43. The number of methoxy groups -OCH3 is 3. The molecule has 1 unspecified atom stereocenters. The first-order valence-corrected chi connectivity index (χ1v) is 6.34. The predicted octanol–water partition coefficient (Wildman–Crippen LogP) is 2.18. The molecule has 0 heterocycles. The van der Waals surface area contributed by atoms with E-state index in [1.54, 1.807) is 21.3 Å². The van der Waals surface area contributed by atoms with Crippen molar-refractivity contribution in [1.29, 1.82) is 0 Å². The molecule has 0 aromatic carbocycles. The fourth-order valence-corrected chi connectivity index (χ4v) is 1.69. The van der Waals surface area contributed by atoms with Gasteiger partial charge in [-0.1, -0.05) is 6.92 Å². The molecular formula is C13H29NO3. The van der Waals surface area contributed by atoms with E-state index >= 15 is 0 Å². The van der Waals surface area contributed by atoms with Crippen LogP contribution in [0.5, 0.6) is 0 Å². The molecule has 4 nitrogen and oxygen atoms in total. The smallest absolute Gasteiger partial charge is 0.171 e. The second-order valence-corrected chi connectivity index (χ2v) is 4.90. The zero-order valence-electron chi connectivity index (χ0n) is 12.2. The van der Waals surface area contributed by atoms with E-state index in [4.69, 9.17) is 14.2 Å². The summed E-state index contributed by atoms with van der Waals surface area (Å²) < 4.78 is 16.1. The Labute approximate surface area is 106 Å². The van der Waals surface area contributed by atoms with Crippen LogP contribution in [-0.4, -0.2) is 45.8 Å². The Balaban J connectivity index is 4.27. The van der Waals surface area contributed by atoms with Crippen LogP contribution in [0.2, 0.25) is 0 Å². The van der Waals surface area contributed by atoms with Crippen LogP contribution in [0.25, 0.3) is 0 Å². The van der Waals surface area contributed by atoms with Crippen molar-refractivity contribution in [3.8, 4) is 0 Å². The maximum Gasteiger partial charge on any atom is 0.171 e. The first-order valence-electron chi connectivity index (χ1n) is 6.34. The van der Waals surface area contributed by atoms with E-state index in [9.17, 15) is 0 Å². The molecule has 0 amide bonds. The molecule has 0 aromatic heterocycles. The Kier molecular flexibility index (Phi) is 8.78. The van der Waals surface area contributed by atoms with Gasteiger partial charge in [-0.3, -0.25) is 0 Å². The van der Waals surface area contributed by atoms with E-state index in [1.807, 2.05) is 0 Å². The normalized spacial score (nSPS) is 14.3. The quantitative estimate of drug-likeness (QED) is 0.601. The molecule has 0 fully saturated rings. The molecule has 0 bridgehead atoms. The van der Waals surface area contributed by atoms with Crippen LogP contribution in [0.4, 0.5) is 0 Å². The predicted molar refractivity (Wildman–Crippen MR) is 70.2 cm³/mol. The zero-order valence-corrected chi connectivity index (χ0v) is 12.2. The molecule has 0 saturated carbocycles. The highest BCUT2D eigenvalue weighted by molar-refractivity contribution is 4.76. The van der Waals surface area contributed by atoms with Gasteiger partial charge in [-0.2, -0.15) is 0 Å². The highest BCUT2D eigenvalue weighted by atomic mass is 16.7. The molecule has 0 saturated heterocycles. The van der Waals surface area contributed by atoms with Crippen LogP contribution in [0, 0.1) is 0 Å². The van der Waals surface area contributed by atoms with Crippen molar-refractivity contribution in [1.82, 2.24) is 5.32 Å². The van der Waals surface area contributed by atoms with Gasteiger partial charge in [0.25, 0.3) is 0 Å². The number of hydrogen-bond donors (Lipinski definition) is 1. The first-order chi connectivity index (χ1) is 8.00. The molecule has 1 N–H and O–H groups in total. The first kappa shape index (κ1) is 16.8. The van der Waals surface area contributed by atoms with Gasteiger partial charge in [0.15, 0.2) is 6.29 Å². The molecule has 0 aliphatic rings. The topological polar surface area (TPSA) is 39.7 Å². The molecule has 4 heteroatoms. The van der Waals surface area contributed by atoms with E-state index in [0.717, 1.165) is 25.8 Å². The van der Waals surface area contributed by atoms with Crippen molar-refractivity contribution in [3.63, 3.8) is 0 Å². The summed E-state index contributed by atoms with van der Waals surface area (Å²) in [4.78, 5) is 0. The minimum atomic E-state index is -0.200. The summed E-state index contributed by atoms with van der Waals surface area (Å²) in [5, 5.41) is 3.46. The van der Waals surface area contributed by atoms with Crippen LogP contribution in [0.15, 0.2) is 0 Å². The zero-order chi connectivity index (χ0) is 13.3. The fraction of sp³-hybridized carbons (Fsp3) is 1.00. The summed E-state index contributed by atoms with van der Waals surface area (Å²) in [7, 11) is 5.10. The lowest BCUT2D eigenvalue weighted by Crippen LogP contribution is -2.43. The summed E-state index contributed by atoms with van der Waals surface area (Å²) in [6.07, 6.45) is 2.83.